The summed E-state index contributed by atoms with van der Waals surface area (Å²) in [6, 6.07) is 28.3. The molecule has 6 aromatic carbocycles. The first-order valence-electron chi connectivity index (χ1n) is 18.6. The van der Waals surface area contributed by atoms with Crippen LogP contribution in [-0.2, 0) is 20.2 Å². The standard InChI is InChI=1S/C42H30N10O11S2.2Na/c43-36-33(65(61,62)63)20-30(34-35(36)38(55)27-9-5-4-8-26(27)37(34)54)44-24-14-16-29(32(19-24)64(58,59)60)47-42-49-40(45-21-6-2-1-3-7-21)48-41(50-42)46-22-10-12-23(13-11-22)51-52-25-15-17-31(53)28(18-25)39(56)57;;/h1-20,44,53H,43H2,(H,56,57)(H,58,59,60)(H,61,62,63)(H3,45,46,47,48,49,50);;/q;2*+1/p-2. The van der Waals surface area contributed by atoms with Crippen LogP contribution in [0.4, 0.5) is 63.3 Å². The van der Waals surface area contributed by atoms with Gasteiger partial charge in [-0.05, 0) is 78.9 Å². The maximum absolute atomic E-state index is 13.8. The van der Waals surface area contributed by atoms with Crippen molar-refractivity contribution in [2.75, 3.05) is 27.0 Å². The number of nitrogens with one attached hydrogen (secondary N) is 4. The fraction of sp³-hybridized carbons (Fsp3) is 0. The Morgan fingerprint density at radius 1 is 0.582 bits per heavy atom. The van der Waals surface area contributed by atoms with E-state index in [4.69, 9.17) is 5.73 Å². The minimum Gasteiger partial charge on any atom is -0.744 e. The van der Waals surface area contributed by atoms with Gasteiger partial charge in [-0.25, -0.2) is 16.8 Å². The van der Waals surface area contributed by atoms with Gasteiger partial charge in [-0.1, -0.05) is 42.5 Å². The molecule has 67 heavy (non-hydrogen) atoms. The number of ketones is 2. The summed E-state index contributed by atoms with van der Waals surface area (Å²) in [5.74, 6) is -4.03. The third-order valence-electron chi connectivity index (χ3n) is 9.52. The van der Waals surface area contributed by atoms with Gasteiger partial charge >= 0.3 is 60.5 Å². The Hall–Kier alpha value is -6.64. The number of azo groups is 1. The normalized spacial score (nSPS) is 12.0. The second-order valence-corrected chi connectivity index (χ2v) is 16.5. The SMILES string of the molecule is Nc1c(S(=O)(=O)[O-])cc(Nc2ccc(Nc3nc(Nc4ccccc4)nc(Nc4ccc(N=Nc5ccc(O)c(C(=O)[O-])c5)cc4)n3)c(S(=O)(=O)[O-])c2)c2c1C(=O)c1ccccc1C2=O.[H+].[Na+].[Na+]. The maximum Gasteiger partial charge on any atom is 1.00 e. The van der Waals surface area contributed by atoms with E-state index in [2.05, 4.69) is 46.4 Å². The zero-order valence-corrected chi connectivity index (χ0v) is 40.3. The average Bonchev–Trinajstić information content (AvgIpc) is 3.26. The molecule has 0 spiro atoms. The van der Waals surface area contributed by atoms with Gasteiger partial charge < -0.3 is 51.1 Å². The van der Waals surface area contributed by atoms with Crippen LogP contribution in [0.5, 0.6) is 5.75 Å². The monoisotopic (exact) mass is 958 g/mol. The number of carboxylic acids is 1. The molecule has 0 atom stereocenters. The van der Waals surface area contributed by atoms with Gasteiger partial charge in [0.05, 0.1) is 55.3 Å². The quantitative estimate of drug-likeness (QED) is 0.0371. The van der Waals surface area contributed by atoms with E-state index in [1.165, 1.54) is 36.4 Å². The fourth-order valence-corrected chi connectivity index (χ4v) is 7.88. The molecule has 0 saturated heterocycles. The molecule has 0 radical (unpaired) electrons. The van der Waals surface area contributed by atoms with E-state index in [0.717, 1.165) is 30.3 Å². The molecule has 1 heterocycles. The molecule has 0 amide bonds. The number of rotatable bonds is 13. The summed E-state index contributed by atoms with van der Waals surface area (Å²) >= 11 is 0. The van der Waals surface area contributed by atoms with Crippen molar-refractivity contribution >= 4 is 101 Å². The number of carbonyl (C=O) groups is 3. The van der Waals surface area contributed by atoms with Crippen LogP contribution in [0.1, 0.15) is 43.6 Å². The number of anilines is 9. The summed E-state index contributed by atoms with van der Waals surface area (Å²) in [4.78, 5) is 49.8. The Labute approximate surface area is 425 Å². The van der Waals surface area contributed by atoms with E-state index in [9.17, 15) is 50.5 Å². The predicted octanol–water partition coefficient (Wildman–Crippen LogP) is -0.383. The van der Waals surface area contributed by atoms with Gasteiger partial charge in [-0.15, -0.1) is 0 Å². The van der Waals surface area contributed by atoms with Crippen molar-refractivity contribution in [2.24, 2.45) is 10.2 Å². The molecular formula is C42H28N10Na2O11S2. The number of hydrogen-bond donors (Lipinski definition) is 6. The van der Waals surface area contributed by atoms with Crippen molar-refractivity contribution in [3.63, 3.8) is 0 Å². The van der Waals surface area contributed by atoms with Crippen molar-refractivity contribution in [1.82, 2.24) is 15.0 Å². The number of aromatic nitrogens is 3. The van der Waals surface area contributed by atoms with Crippen LogP contribution in [0.15, 0.2) is 141 Å². The number of carbonyl (C=O) groups excluding carboxylic acids is 3. The number of aromatic hydroxyl groups is 1. The molecule has 25 heteroatoms. The predicted molar refractivity (Wildman–Crippen MR) is 230 cm³/mol. The van der Waals surface area contributed by atoms with Crippen molar-refractivity contribution in [3.8, 4) is 5.75 Å². The molecule has 1 aliphatic carbocycles. The van der Waals surface area contributed by atoms with Gasteiger partial charge in [-0.3, -0.25) is 9.59 Å². The van der Waals surface area contributed by atoms with E-state index < -0.39 is 81.4 Å². The smallest absolute Gasteiger partial charge is 0.744 e. The summed E-state index contributed by atoms with van der Waals surface area (Å²) in [6.07, 6.45) is 0. The van der Waals surface area contributed by atoms with Gasteiger partial charge in [0.25, 0.3) is 0 Å². The molecule has 1 aromatic heterocycles. The van der Waals surface area contributed by atoms with Crippen LogP contribution < -0.4 is 91.2 Å². The van der Waals surface area contributed by atoms with Crippen LogP contribution in [0, 0.1) is 0 Å². The Morgan fingerprint density at radius 2 is 1.09 bits per heavy atom. The summed E-state index contributed by atoms with van der Waals surface area (Å²) in [5, 5.41) is 40.4. The summed E-state index contributed by atoms with van der Waals surface area (Å²) in [7, 11) is -10.7. The molecule has 8 rings (SSSR count). The van der Waals surface area contributed by atoms with Crippen molar-refractivity contribution < 1.29 is 111 Å². The number of carboxylic acid groups (broad SMARTS) is 1. The molecular weight excluding hydrogens is 931 g/mol. The van der Waals surface area contributed by atoms with E-state index in [1.807, 2.05) is 0 Å². The summed E-state index contributed by atoms with van der Waals surface area (Å²) < 4.78 is 75.3. The number of fused-ring (bicyclic) bond motifs is 2. The van der Waals surface area contributed by atoms with E-state index >= 15 is 0 Å². The first-order chi connectivity index (χ1) is 30.9. The molecule has 1 aliphatic rings. The summed E-state index contributed by atoms with van der Waals surface area (Å²) in [5.41, 5.74) is 4.33. The largest absolute Gasteiger partial charge is 1.00 e. The van der Waals surface area contributed by atoms with Crippen LogP contribution in [0.3, 0.4) is 0 Å². The van der Waals surface area contributed by atoms with Crippen molar-refractivity contribution in [2.45, 2.75) is 9.79 Å². The zero-order valence-electron chi connectivity index (χ0n) is 35.7. The molecule has 0 fully saturated rings. The number of nitrogens with zero attached hydrogens (tertiary/aromatic N) is 5. The van der Waals surface area contributed by atoms with E-state index in [1.54, 1.807) is 54.6 Å². The number of nitrogen functional groups attached to an aromatic ring is 1. The molecule has 7 N–H and O–H groups in total. The Balaban J connectivity index is 0.00000288. The maximum atomic E-state index is 13.8. The molecule has 0 bridgehead atoms. The van der Waals surface area contributed by atoms with Crippen LogP contribution >= 0.6 is 0 Å². The number of aromatic carboxylic acids is 1. The zero-order chi connectivity index (χ0) is 46.2. The van der Waals surface area contributed by atoms with Crippen LogP contribution in [0.25, 0.3) is 0 Å². The minimum absolute atomic E-state index is 0. The number of para-hydroxylation sites is 1. The Morgan fingerprint density at radius 3 is 1.67 bits per heavy atom. The summed E-state index contributed by atoms with van der Waals surface area (Å²) in [6.45, 7) is 0. The number of hydrogen-bond acceptors (Lipinski definition) is 21. The first kappa shape index (κ1) is 49.8. The van der Waals surface area contributed by atoms with Gasteiger partial charge in [0.2, 0.25) is 17.8 Å². The first-order valence-corrected chi connectivity index (χ1v) is 21.4. The molecule has 326 valence electrons. The van der Waals surface area contributed by atoms with E-state index in [0.29, 0.717) is 17.1 Å². The van der Waals surface area contributed by atoms with Gasteiger partial charge in [0, 0.05) is 33.8 Å². The second kappa shape index (κ2) is 20.1. The molecule has 21 nitrogen and oxygen atoms in total. The molecule has 7 aromatic rings. The third kappa shape index (κ3) is 11.0. The van der Waals surface area contributed by atoms with Crippen molar-refractivity contribution in [3.05, 3.63) is 149 Å². The average molecular weight is 959 g/mol. The van der Waals surface area contributed by atoms with Gasteiger partial charge in [0.1, 0.15) is 26.0 Å². The number of phenols is 1. The number of nitrogens with two attached hydrogens (primary N) is 1. The topological polar surface area (TPSA) is 346 Å². The van der Waals surface area contributed by atoms with E-state index in [-0.39, 0.29) is 107 Å². The van der Waals surface area contributed by atoms with Crippen molar-refractivity contribution in [1.29, 1.82) is 0 Å². The van der Waals surface area contributed by atoms with Gasteiger partial charge in [0.15, 0.2) is 11.6 Å². The Bertz CT molecular complexity index is 3390. The second-order valence-electron chi connectivity index (χ2n) is 13.8. The molecule has 0 saturated carbocycles. The fourth-order valence-electron chi connectivity index (χ4n) is 6.59. The Kier molecular flexibility index (Phi) is 14.9. The molecule has 0 unspecified atom stereocenters. The van der Waals surface area contributed by atoms with Crippen LogP contribution in [-0.4, -0.2) is 63.5 Å². The number of benzene rings is 6. The van der Waals surface area contributed by atoms with Gasteiger partial charge in [-0.2, -0.15) is 25.2 Å². The van der Waals surface area contributed by atoms with Crippen LogP contribution in [0.2, 0.25) is 0 Å². The minimum atomic E-state index is -5.33. The molecule has 0 aliphatic heterocycles. The third-order valence-corrected chi connectivity index (χ3v) is 11.3.